The Morgan fingerprint density at radius 1 is 1.05 bits per heavy atom. The maximum Gasteiger partial charge on any atom is 0.273 e. The van der Waals surface area contributed by atoms with Crippen LogP contribution < -0.4 is 14.4 Å². The summed E-state index contributed by atoms with van der Waals surface area (Å²) in [6, 6.07) is 14.3. The molecule has 0 heterocycles. The number of ether oxygens (including phenoxy) is 1. The molecule has 0 spiro atoms. The van der Waals surface area contributed by atoms with Crippen LogP contribution in [0, 0.1) is 24.0 Å². The van der Waals surface area contributed by atoms with E-state index in [1.165, 1.54) is 49.3 Å². The van der Waals surface area contributed by atoms with Gasteiger partial charge in [-0.25, -0.2) is 8.42 Å². The van der Waals surface area contributed by atoms with E-state index >= 15 is 0 Å². The van der Waals surface area contributed by atoms with Gasteiger partial charge in [0.05, 0.1) is 22.6 Å². The van der Waals surface area contributed by atoms with Crippen LogP contribution in [0.1, 0.15) is 43.4 Å². The molecule has 3 aromatic carbocycles. The number of hydrogen-bond acceptors (Lipinski definition) is 7. The Bertz CT molecular complexity index is 1630. The molecule has 0 radical (unpaired) electrons. The molecule has 0 saturated heterocycles. The van der Waals surface area contributed by atoms with Gasteiger partial charge in [0.2, 0.25) is 11.8 Å². The minimum atomic E-state index is -4.61. The highest BCUT2D eigenvalue weighted by molar-refractivity contribution is 7.92. The zero-order valence-electron chi connectivity index (χ0n) is 25.4. The third kappa shape index (κ3) is 7.86. The molecule has 0 aromatic heterocycles. The molecule has 44 heavy (non-hydrogen) atoms. The Labute approximate surface area is 263 Å². The molecule has 0 aliphatic carbocycles. The Balaban J connectivity index is 2.19. The molecule has 3 aromatic rings. The summed E-state index contributed by atoms with van der Waals surface area (Å²) < 4.78 is 34.7. The van der Waals surface area contributed by atoms with Crippen molar-refractivity contribution in [3.8, 4) is 5.75 Å². The van der Waals surface area contributed by atoms with Gasteiger partial charge < -0.3 is 15.0 Å². The van der Waals surface area contributed by atoms with E-state index in [2.05, 4.69) is 5.32 Å². The summed E-state index contributed by atoms with van der Waals surface area (Å²) in [5.74, 6) is -0.926. The average molecular weight is 645 g/mol. The second-order valence-corrected chi connectivity index (χ2v) is 12.5. The monoisotopic (exact) mass is 644 g/mol. The molecule has 0 aliphatic heterocycles. The van der Waals surface area contributed by atoms with Crippen molar-refractivity contribution in [3.63, 3.8) is 0 Å². The number of aryl methyl sites for hydroxylation is 2. The number of nitro benzene ring substituents is 1. The zero-order chi connectivity index (χ0) is 32.6. The molecule has 0 aliphatic rings. The van der Waals surface area contributed by atoms with E-state index in [1.807, 2.05) is 38.1 Å². The number of carbonyl (C=O) groups is 2. The van der Waals surface area contributed by atoms with E-state index in [0.29, 0.717) is 13.0 Å². The Morgan fingerprint density at radius 3 is 2.36 bits per heavy atom. The predicted molar refractivity (Wildman–Crippen MR) is 169 cm³/mol. The second-order valence-electron chi connectivity index (χ2n) is 10.2. The quantitative estimate of drug-likeness (QED) is 0.183. The first-order valence-corrected chi connectivity index (χ1v) is 15.9. The van der Waals surface area contributed by atoms with Gasteiger partial charge in [-0.2, -0.15) is 0 Å². The number of amides is 2. The molecule has 0 bridgehead atoms. The fourth-order valence-corrected chi connectivity index (χ4v) is 6.30. The summed E-state index contributed by atoms with van der Waals surface area (Å²) in [5, 5.41) is 14.7. The number of nitro groups is 1. The van der Waals surface area contributed by atoms with E-state index in [-0.39, 0.29) is 40.9 Å². The molecule has 13 heteroatoms. The van der Waals surface area contributed by atoms with E-state index < -0.39 is 44.0 Å². The lowest BCUT2D eigenvalue weighted by molar-refractivity contribution is -0.385. The van der Waals surface area contributed by atoms with E-state index in [9.17, 15) is 28.1 Å². The molecule has 0 saturated carbocycles. The van der Waals surface area contributed by atoms with Crippen LogP contribution in [0.4, 0.5) is 11.4 Å². The van der Waals surface area contributed by atoms with Gasteiger partial charge in [0.25, 0.3) is 15.7 Å². The SMILES string of the molecule is CCCNC(=O)[C@@H](CC)N(Cc1ccccc1C)C(=O)CN(c1cc(Cl)ccc1OC)S(=O)(=O)c1ccc(C)c([N+](=O)[O-])c1. The van der Waals surface area contributed by atoms with Gasteiger partial charge in [-0.3, -0.25) is 24.0 Å². The molecule has 236 valence electrons. The standard InChI is InChI=1S/C31H37ClN4O7S/c1-6-16-33-31(38)26(7-2)34(19-23-11-9-8-10-21(23)3)30(37)20-35(28-17-24(32)13-15-29(28)43-5)44(41,42)25-14-12-22(4)27(18-25)36(39)40/h8-15,17-18,26H,6-7,16,19-20H2,1-5H3,(H,33,38)/t26-/m1/s1. The van der Waals surface area contributed by atoms with E-state index in [1.54, 1.807) is 6.92 Å². The van der Waals surface area contributed by atoms with Gasteiger partial charge in [-0.15, -0.1) is 0 Å². The Morgan fingerprint density at radius 2 is 1.75 bits per heavy atom. The van der Waals surface area contributed by atoms with Crippen LogP contribution in [0.15, 0.2) is 65.6 Å². The highest BCUT2D eigenvalue weighted by Crippen LogP contribution is 2.36. The van der Waals surface area contributed by atoms with Crippen LogP contribution in [0.5, 0.6) is 5.75 Å². The summed E-state index contributed by atoms with van der Waals surface area (Å²) in [4.78, 5) is 39.5. The highest BCUT2D eigenvalue weighted by Gasteiger charge is 2.35. The molecule has 3 rings (SSSR count). The summed E-state index contributed by atoms with van der Waals surface area (Å²) >= 11 is 6.27. The van der Waals surface area contributed by atoms with Gasteiger partial charge >= 0.3 is 0 Å². The first kappa shape index (κ1) is 34.3. The molecule has 0 fully saturated rings. The first-order chi connectivity index (χ1) is 20.8. The minimum Gasteiger partial charge on any atom is -0.495 e. The van der Waals surface area contributed by atoms with Crippen LogP contribution in [0.3, 0.4) is 0 Å². The lowest BCUT2D eigenvalue weighted by atomic mass is 10.1. The molecule has 11 nitrogen and oxygen atoms in total. The number of rotatable bonds is 14. The number of sulfonamides is 1. The average Bonchev–Trinajstić information content (AvgIpc) is 2.99. The molecule has 2 amide bonds. The normalized spacial score (nSPS) is 11.9. The number of carbonyl (C=O) groups excluding carboxylic acids is 2. The van der Waals surface area contributed by atoms with Crippen LogP contribution in [-0.4, -0.2) is 56.3 Å². The second kappa shape index (κ2) is 15.0. The lowest BCUT2D eigenvalue weighted by Crippen LogP contribution is -2.52. The fraction of sp³-hybridized carbons (Fsp3) is 0.355. The number of halogens is 1. The maximum absolute atomic E-state index is 14.3. The smallest absolute Gasteiger partial charge is 0.273 e. The van der Waals surface area contributed by atoms with Crippen molar-refractivity contribution in [3.05, 3.63) is 92.5 Å². The number of anilines is 1. The first-order valence-electron chi connectivity index (χ1n) is 14.1. The molecule has 1 N–H and O–H groups in total. The summed E-state index contributed by atoms with van der Waals surface area (Å²) in [7, 11) is -3.27. The van der Waals surface area contributed by atoms with Gasteiger partial charge in [0, 0.05) is 29.7 Å². The number of nitrogens with one attached hydrogen (secondary N) is 1. The van der Waals surface area contributed by atoms with Crippen molar-refractivity contribution in [1.29, 1.82) is 0 Å². The highest BCUT2D eigenvalue weighted by atomic mass is 35.5. The van der Waals surface area contributed by atoms with Gasteiger partial charge in [-0.05, 0) is 62.1 Å². The number of benzene rings is 3. The summed E-state index contributed by atoms with van der Waals surface area (Å²) in [6.45, 7) is 6.77. The van der Waals surface area contributed by atoms with Crippen molar-refractivity contribution in [2.24, 2.45) is 0 Å². The van der Waals surface area contributed by atoms with Gasteiger partial charge in [0.15, 0.2) is 0 Å². The molecule has 0 unspecified atom stereocenters. The molecular weight excluding hydrogens is 608 g/mol. The third-order valence-corrected chi connectivity index (χ3v) is 9.18. The maximum atomic E-state index is 14.3. The van der Waals surface area contributed by atoms with Crippen LogP contribution >= 0.6 is 11.6 Å². The predicted octanol–water partition coefficient (Wildman–Crippen LogP) is 5.40. The van der Waals surface area contributed by atoms with Crippen molar-refractivity contribution in [2.75, 3.05) is 24.5 Å². The topological polar surface area (TPSA) is 139 Å². The number of nitrogens with zero attached hydrogens (tertiary/aromatic N) is 3. The van der Waals surface area contributed by atoms with Crippen LogP contribution in [0.25, 0.3) is 0 Å². The molecule has 1 atom stereocenters. The van der Waals surface area contributed by atoms with Crippen molar-refractivity contribution in [2.45, 2.75) is 58.0 Å². The zero-order valence-corrected chi connectivity index (χ0v) is 26.9. The van der Waals surface area contributed by atoms with E-state index in [0.717, 1.165) is 21.5 Å². The van der Waals surface area contributed by atoms with Crippen LogP contribution in [-0.2, 0) is 26.2 Å². The summed E-state index contributed by atoms with van der Waals surface area (Å²) in [5.41, 5.74) is 1.50. The van der Waals surface area contributed by atoms with Gasteiger partial charge in [-0.1, -0.05) is 55.8 Å². The van der Waals surface area contributed by atoms with Gasteiger partial charge in [0.1, 0.15) is 18.3 Å². The molecular formula is C31H37ClN4O7S. The number of hydrogen-bond donors (Lipinski definition) is 1. The van der Waals surface area contributed by atoms with Crippen molar-refractivity contribution in [1.82, 2.24) is 10.2 Å². The fourth-order valence-electron chi connectivity index (χ4n) is 4.70. The summed E-state index contributed by atoms with van der Waals surface area (Å²) in [6.07, 6.45) is 0.960. The largest absolute Gasteiger partial charge is 0.495 e. The Kier molecular flexibility index (Phi) is 11.7. The van der Waals surface area contributed by atoms with Crippen LogP contribution in [0.2, 0.25) is 5.02 Å². The Hall–Kier alpha value is -4.16. The third-order valence-electron chi connectivity index (χ3n) is 7.19. The van der Waals surface area contributed by atoms with Crippen molar-refractivity contribution < 1.29 is 27.7 Å². The lowest BCUT2D eigenvalue weighted by Gasteiger charge is -2.33. The minimum absolute atomic E-state index is 0.0418. The van der Waals surface area contributed by atoms with Crippen molar-refractivity contribution >= 4 is 44.8 Å². The van der Waals surface area contributed by atoms with E-state index in [4.69, 9.17) is 16.3 Å². The number of methoxy groups -OCH3 is 1.